The smallest absolute Gasteiger partial charge is 0.372 e. The van der Waals surface area contributed by atoms with Crippen LogP contribution in [0.5, 0.6) is 0 Å². The van der Waals surface area contributed by atoms with E-state index in [0.717, 1.165) is 5.56 Å². The molecule has 5 heteroatoms. The Balaban J connectivity index is 2.34. The number of ether oxygens (including phenoxy) is 1. The zero-order valence-corrected chi connectivity index (χ0v) is 9.41. The lowest BCUT2D eigenvalue weighted by molar-refractivity contribution is -0.138. The van der Waals surface area contributed by atoms with E-state index in [-0.39, 0.29) is 25.7 Å². The largest absolute Gasteiger partial charge is 0.389 e. The molecule has 17 heavy (non-hydrogen) atoms. The van der Waals surface area contributed by atoms with Gasteiger partial charge < -0.3 is 10.5 Å². The number of rotatable bonds is 6. The minimum atomic E-state index is -4.12. The van der Waals surface area contributed by atoms with Crippen molar-refractivity contribution >= 4 is 0 Å². The van der Waals surface area contributed by atoms with Gasteiger partial charge in [0.05, 0.1) is 6.10 Å². The summed E-state index contributed by atoms with van der Waals surface area (Å²) in [7, 11) is 0. The molecule has 0 fully saturated rings. The first kappa shape index (κ1) is 14.0. The highest BCUT2D eigenvalue weighted by atomic mass is 19.4. The Hall–Kier alpha value is -1.07. The SMILES string of the molecule is NCC(OCCCC(F)(F)F)c1ccccc1. The summed E-state index contributed by atoms with van der Waals surface area (Å²) in [5.74, 6) is 0. The molecular weight excluding hydrogens is 231 g/mol. The van der Waals surface area contributed by atoms with E-state index in [4.69, 9.17) is 10.5 Å². The van der Waals surface area contributed by atoms with Crippen LogP contribution >= 0.6 is 0 Å². The normalized spacial score (nSPS) is 13.6. The van der Waals surface area contributed by atoms with Crippen molar-refractivity contribution in [2.24, 2.45) is 5.73 Å². The second-order valence-corrected chi connectivity index (χ2v) is 3.72. The standard InChI is InChI=1S/C12H16F3NO/c13-12(14,15)7-4-8-17-11(9-16)10-5-2-1-3-6-10/h1-3,5-6,11H,4,7-9,16H2. The Bertz CT molecular complexity index is 313. The van der Waals surface area contributed by atoms with Crippen LogP contribution in [0.3, 0.4) is 0 Å². The Morgan fingerprint density at radius 1 is 1.18 bits per heavy atom. The van der Waals surface area contributed by atoms with Crippen molar-refractivity contribution in [1.82, 2.24) is 0 Å². The summed E-state index contributed by atoms with van der Waals surface area (Å²) in [5.41, 5.74) is 6.42. The molecule has 0 aliphatic rings. The van der Waals surface area contributed by atoms with Crippen LogP contribution in [-0.4, -0.2) is 19.3 Å². The maximum absolute atomic E-state index is 11.9. The lowest BCUT2D eigenvalue weighted by atomic mass is 10.1. The second-order valence-electron chi connectivity index (χ2n) is 3.72. The molecule has 2 nitrogen and oxygen atoms in total. The van der Waals surface area contributed by atoms with Crippen molar-refractivity contribution in [3.8, 4) is 0 Å². The molecule has 2 N–H and O–H groups in total. The van der Waals surface area contributed by atoms with E-state index in [2.05, 4.69) is 0 Å². The molecule has 1 atom stereocenters. The Morgan fingerprint density at radius 2 is 1.82 bits per heavy atom. The zero-order valence-electron chi connectivity index (χ0n) is 9.41. The fraction of sp³-hybridized carbons (Fsp3) is 0.500. The Labute approximate surface area is 98.6 Å². The monoisotopic (exact) mass is 247 g/mol. The van der Waals surface area contributed by atoms with Gasteiger partial charge in [0, 0.05) is 19.6 Å². The fourth-order valence-corrected chi connectivity index (χ4v) is 1.47. The van der Waals surface area contributed by atoms with Crippen molar-refractivity contribution < 1.29 is 17.9 Å². The van der Waals surface area contributed by atoms with Gasteiger partial charge in [-0.05, 0) is 12.0 Å². The lowest BCUT2D eigenvalue weighted by Gasteiger charge is -2.16. The second kappa shape index (κ2) is 6.61. The molecule has 0 aliphatic heterocycles. The molecule has 1 rings (SSSR count). The molecular formula is C12H16F3NO. The van der Waals surface area contributed by atoms with Crippen LogP contribution in [0.2, 0.25) is 0 Å². The maximum atomic E-state index is 11.9. The van der Waals surface area contributed by atoms with Crippen molar-refractivity contribution in [3.63, 3.8) is 0 Å². The average Bonchev–Trinajstić information content (AvgIpc) is 2.29. The summed E-state index contributed by atoms with van der Waals surface area (Å²) >= 11 is 0. The van der Waals surface area contributed by atoms with Gasteiger partial charge in [-0.3, -0.25) is 0 Å². The number of hydrogen-bond donors (Lipinski definition) is 1. The molecule has 0 radical (unpaired) electrons. The van der Waals surface area contributed by atoms with E-state index in [1.807, 2.05) is 30.3 Å². The summed E-state index contributed by atoms with van der Waals surface area (Å²) < 4.78 is 41.1. The number of nitrogens with two attached hydrogens (primary N) is 1. The van der Waals surface area contributed by atoms with Gasteiger partial charge in [-0.25, -0.2) is 0 Å². The van der Waals surface area contributed by atoms with Crippen molar-refractivity contribution in [2.45, 2.75) is 25.1 Å². The molecule has 1 unspecified atom stereocenters. The van der Waals surface area contributed by atoms with Gasteiger partial charge in [0.2, 0.25) is 0 Å². The van der Waals surface area contributed by atoms with E-state index in [1.165, 1.54) is 0 Å². The zero-order chi connectivity index (χ0) is 12.7. The van der Waals surface area contributed by atoms with E-state index in [1.54, 1.807) is 0 Å². The van der Waals surface area contributed by atoms with Crippen molar-refractivity contribution in [3.05, 3.63) is 35.9 Å². The molecule has 1 aromatic carbocycles. The van der Waals surface area contributed by atoms with E-state index in [0.29, 0.717) is 0 Å². The first-order valence-electron chi connectivity index (χ1n) is 5.46. The van der Waals surface area contributed by atoms with Crippen LogP contribution in [0.15, 0.2) is 30.3 Å². The first-order chi connectivity index (χ1) is 8.03. The quantitative estimate of drug-likeness (QED) is 0.784. The summed E-state index contributed by atoms with van der Waals surface area (Å²) in [5, 5.41) is 0. The van der Waals surface area contributed by atoms with Crippen LogP contribution in [0.25, 0.3) is 0 Å². The van der Waals surface area contributed by atoms with Crippen LogP contribution in [0.4, 0.5) is 13.2 Å². The molecule has 0 saturated carbocycles. The molecule has 96 valence electrons. The van der Waals surface area contributed by atoms with Crippen molar-refractivity contribution in [2.75, 3.05) is 13.2 Å². The van der Waals surface area contributed by atoms with Crippen LogP contribution in [0, 0.1) is 0 Å². The summed E-state index contributed by atoms with van der Waals surface area (Å²) in [6, 6.07) is 9.25. The van der Waals surface area contributed by atoms with E-state index < -0.39 is 12.6 Å². The lowest BCUT2D eigenvalue weighted by Crippen LogP contribution is -2.17. The fourth-order valence-electron chi connectivity index (χ4n) is 1.47. The molecule has 0 heterocycles. The Kier molecular flexibility index (Phi) is 5.44. The third-order valence-corrected chi connectivity index (χ3v) is 2.31. The van der Waals surface area contributed by atoms with E-state index in [9.17, 15) is 13.2 Å². The topological polar surface area (TPSA) is 35.2 Å². The third kappa shape index (κ3) is 5.70. The molecule has 0 aromatic heterocycles. The number of alkyl halides is 3. The minimum absolute atomic E-state index is 0.0349. The molecule has 0 bridgehead atoms. The van der Waals surface area contributed by atoms with Gasteiger partial charge in [0.1, 0.15) is 0 Å². The maximum Gasteiger partial charge on any atom is 0.389 e. The molecule has 0 aliphatic carbocycles. The van der Waals surface area contributed by atoms with Gasteiger partial charge in [0.25, 0.3) is 0 Å². The number of halogens is 3. The average molecular weight is 247 g/mol. The number of hydrogen-bond acceptors (Lipinski definition) is 2. The van der Waals surface area contributed by atoms with Crippen molar-refractivity contribution in [1.29, 1.82) is 0 Å². The van der Waals surface area contributed by atoms with Crippen LogP contribution in [0.1, 0.15) is 24.5 Å². The highest BCUT2D eigenvalue weighted by molar-refractivity contribution is 5.17. The molecule has 0 spiro atoms. The third-order valence-electron chi connectivity index (χ3n) is 2.31. The number of benzene rings is 1. The summed E-state index contributed by atoms with van der Waals surface area (Å²) in [6.07, 6.45) is -5.30. The molecule has 0 amide bonds. The highest BCUT2D eigenvalue weighted by Crippen LogP contribution is 2.22. The summed E-state index contributed by atoms with van der Waals surface area (Å²) in [6.45, 7) is 0.326. The van der Waals surface area contributed by atoms with Gasteiger partial charge in [-0.2, -0.15) is 13.2 Å². The first-order valence-corrected chi connectivity index (χ1v) is 5.46. The van der Waals surface area contributed by atoms with E-state index >= 15 is 0 Å². The van der Waals surface area contributed by atoms with Gasteiger partial charge in [-0.1, -0.05) is 30.3 Å². The molecule has 0 saturated heterocycles. The van der Waals surface area contributed by atoms with Gasteiger partial charge in [0.15, 0.2) is 0 Å². The highest BCUT2D eigenvalue weighted by Gasteiger charge is 2.26. The molecule has 1 aromatic rings. The van der Waals surface area contributed by atoms with Crippen LogP contribution in [-0.2, 0) is 4.74 Å². The van der Waals surface area contributed by atoms with Crippen LogP contribution < -0.4 is 5.73 Å². The Morgan fingerprint density at radius 3 is 2.35 bits per heavy atom. The minimum Gasteiger partial charge on any atom is -0.372 e. The summed E-state index contributed by atoms with van der Waals surface area (Å²) in [4.78, 5) is 0. The van der Waals surface area contributed by atoms with Gasteiger partial charge >= 0.3 is 6.18 Å². The predicted octanol–water partition coefficient (Wildman–Crippen LogP) is 3.05. The predicted molar refractivity (Wildman–Crippen MR) is 59.5 cm³/mol. The van der Waals surface area contributed by atoms with Gasteiger partial charge in [-0.15, -0.1) is 0 Å².